The zero-order valence-corrected chi connectivity index (χ0v) is 11.7. The van der Waals surface area contributed by atoms with E-state index in [0.717, 1.165) is 11.1 Å². The van der Waals surface area contributed by atoms with Crippen LogP contribution in [0.2, 0.25) is 0 Å². The van der Waals surface area contributed by atoms with Crippen molar-refractivity contribution in [1.82, 2.24) is 4.90 Å². The van der Waals surface area contributed by atoms with Gasteiger partial charge in [0.25, 0.3) is 0 Å². The van der Waals surface area contributed by atoms with Crippen molar-refractivity contribution in [2.45, 2.75) is 25.5 Å². The number of carboxylic acid groups (broad SMARTS) is 1. The molecule has 1 fully saturated rings. The fourth-order valence-electron chi connectivity index (χ4n) is 2.79. The van der Waals surface area contributed by atoms with Crippen molar-refractivity contribution < 1.29 is 19.4 Å². The topological polar surface area (TPSA) is 66.8 Å². The van der Waals surface area contributed by atoms with Gasteiger partial charge in [0, 0.05) is 20.6 Å². The molecule has 5 nitrogen and oxygen atoms in total. The second kappa shape index (κ2) is 6.05. The van der Waals surface area contributed by atoms with E-state index in [0.29, 0.717) is 19.4 Å². The molecule has 20 heavy (non-hydrogen) atoms. The van der Waals surface area contributed by atoms with Crippen molar-refractivity contribution in [3.63, 3.8) is 0 Å². The number of piperidine rings is 1. The van der Waals surface area contributed by atoms with Gasteiger partial charge >= 0.3 is 5.97 Å². The van der Waals surface area contributed by atoms with Gasteiger partial charge in [0.2, 0.25) is 5.91 Å². The molecule has 0 aliphatic carbocycles. The van der Waals surface area contributed by atoms with E-state index >= 15 is 0 Å². The maximum atomic E-state index is 11.9. The number of hydrogen-bond acceptors (Lipinski definition) is 3. The minimum atomic E-state index is -0.855. The molecule has 1 N–H and O–H groups in total. The van der Waals surface area contributed by atoms with Crippen molar-refractivity contribution >= 4 is 11.9 Å². The van der Waals surface area contributed by atoms with Crippen LogP contribution in [0.4, 0.5) is 0 Å². The minimum Gasteiger partial charge on any atom is -0.481 e. The van der Waals surface area contributed by atoms with E-state index in [9.17, 15) is 14.7 Å². The number of likely N-dealkylation sites (tertiary alicyclic amines) is 1. The summed E-state index contributed by atoms with van der Waals surface area (Å²) >= 11 is 0. The van der Waals surface area contributed by atoms with Crippen molar-refractivity contribution in [2.75, 3.05) is 14.2 Å². The molecule has 2 rings (SSSR count). The molecule has 1 heterocycles. The van der Waals surface area contributed by atoms with Crippen LogP contribution in [0.15, 0.2) is 24.3 Å². The molecule has 0 spiro atoms. The van der Waals surface area contributed by atoms with E-state index in [1.807, 2.05) is 24.3 Å². The molecule has 1 aliphatic rings. The molecule has 0 saturated carbocycles. The molecule has 0 bridgehead atoms. The summed E-state index contributed by atoms with van der Waals surface area (Å²) in [5.41, 5.74) is 1.82. The smallest absolute Gasteiger partial charge is 0.308 e. The van der Waals surface area contributed by atoms with Crippen LogP contribution >= 0.6 is 0 Å². The lowest BCUT2D eigenvalue weighted by atomic mass is 9.84. The van der Waals surface area contributed by atoms with Gasteiger partial charge in [0.1, 0.15) is 0 Å². The molecule has 5 heteroatoms. The Morgan fingerprint density at radius 3 is 2.90 bits per heavy atom. The monoisotopic (exact) mass is 277 g/mol. The first-order valence-electron chi connectivity index (χ1n) is 6.61. The normalized spacial score (nSPS) is 22.9. The summed E-state index contributed by atoms with van der Waals surface area (Å²) in [6, 6.07) is 7.17. The third-order valence-electron chi connectivity index (χ3n) is 3.78. The Labute approximate surface area is 118 Å². The Morgan fingerprint density at radius 2 is 2.25 bits per heavy atom. The molecule has 1 amide bonds. The predicted octanol–water partition coefficient (Wildman–Crippen LogP) is 1.83. The maximum Gasteiger partial charge on any atom is 0.308 e. The summed E-state index contributed by atoms with van der Waals surface area (Å²) in [5.74, 6) is -1.42. The molecule has 1 aromatic rings. The molecular formula is C15H19NO4. The Hall–Kier alpha value is -1.88. The highest BCUT2D eigenvalue weighted by Gasteiger charge is 2.38. The lowest BCUT2D eigenvalue weighted by molar-refractivity contribution is -0.150. The lowest BCUT2D eigenvalue weighted by Gasteiger charge is -2.37. The number of benzene rings is 1. The number of ether oxygens (including phenoxy) is 1. The first kappa shape index (κ1) is 14.5. The maximum absolute atomic E-state index is 11.9. The van der Waals surface area contributed by atoms with Crippen LogP contribution in [-0.4, -0.2) is 36.0 Å². The molecule has 0 radical (unpaired) electrons. The zero-order valence-electron chi connectivity index (χ0n) is 11.7. The number of nitrogens with zero attached hydrogens (tertiary/aromatic N) is 1. The number of aliphatic carboxylic acids is 1. The summed E-state index contributed by atoms with van der Waals surface area (Å²) in [5, 5.41) is 9.38. The number of carbonyl (C=O) groups excluding carboxylic acids is 1. The van der Waals surface area contributed by atoms with E-state index in [4.69, 9.17) is 4.74 Å². The molecule has 2 atom stereocenters. The van der Waals surface area contributed by atoms with Gasteiger partial charge in [-0.25, -0.2) is 0 Å². The SMILES string of the molecule is COCc1cccc(C2C(C(=O)O)CCC(=O)N2C)c1. The Balaban J connectivity index is 2.36. The van der Waals surface area contributed by atoms with Crippen LogP contribution in [0.25, 0.3) is 0 Å². The van der Waals surface area contributed by atoms with Gasteiger partial charge in [-0.15, -0.1) is 0 Å². The summed E-state index contributed by atoms with van der Waals surface area (Å²) in [7, 11) is 3.29. The third kappa shape index (κ3) is 2.82. The zero-order chi connectivity index (χ0) is 14.7. The summed E-state index contributed by atoms with van der Waals surface area (Å²) in [6.45, 7) is 0.468. The van der Waals surface area contributed by atoms with Gasteiger partial charge in [0.15, 0.2) is 0 Å². The average molecular weight is 277 g/mol. The van der Waals surface area contributed by atoms with E-state index in [2.05, 4.69) is 0 Å². The van der Waals surface area contributed by atoms with Gasteiger partial charge in [0.05, 0.1) is 18.6 Å². The van der Waals surface area contributed by atoms with E-state index < -0.39 is 17.9 Å². The quantitative estimate of drug-likeness (QED) is 0.911. The fraction of sp³-hybridized carbons (Fsp3) is 0.467. The minimum absolute atomic E-state index is 0.00959. The van der Waals surface area contributed by atoms with Crippen LogP contribution in [0, 0.1) is 5.92 Å². The standard InChI is InChI=1S/C15H19NO4/c1-16-13(17)7-6-12(15(18)19)14(16)11-5-3-4-10(8-11)9-20-2/h3-5,8,12,14H,6-7,9H2,1-2H3,(H,18,19). The van der Waals surface area contributed by atoms with Gasteiger partial charge in [-0.05, 0) is 17.5 Å². The molecule has 1 saturated heterocycles. The number of amides is 1. The number of carboxylic acids is 1. The van der Waals surface area contributed by atoms with Crippen molar-refractivity contribution in [3.8, 4) is 0 Å². The largest absolute Gasteiger partial charge is 0.481 e. The molecule has 108 valence electrons. The van der Waals surface area contributed by atoms with Crippen LogP contribution < -0.4 is 0 Å². The average Bonchev–Trinajstić information content (AvgIpc) is 2.42. The first-order valence-corrected chi connectivity index (χ1v) is 6.61. The fourth-order valence-corrected chi connectivity index (χ4v) is 2.79. The van der Waals surface area contributed by atoms with Crippen LogP contribution in [0.3, 0.4) is 0 Å². The van der Waals surface area contributed by atoms with Crippen molar-refractivity contribution in [1.29, 1.82) is 0 Å². The van der Waals surface area contributed by atoms with Crippen LogP contribution in [-0.2, 0) is 20.9 Å². The molecule has 1 aliphatic heterocycles. The molecular weight excluding hydrogens is 258 g/mol. The third-order valence-corrected chi connectivity index (χ3v) is 3.78. The van der Waals surface area contributed by atoms with Crippen molar-refractivity contribution in [2.24, 2.45) is 5.92 Å². The van der Waals surface area contributed by atoms with Crippen LogP contribution in [0.5, 0.6) is 0 Å². The Morgan fingerprint density at radius 1 is 1.50 bits per heavy atom. The molecule has 1 aromatic carbocycles. The summed E-state index contributed by atoms with van der Waals surface area (Å²) in [4.78, 5) is 24.9. The number of methoxy groups -OCH3 is 1. The number of hydrogen-bond donors (Lipinski definition) is 1. The van der Waals surface area contributed by atoms with Gasteiger partial charge in [-0.1, -0.05) is 24.3 Å². The van der Waals surface area contributed by atoms with Gasteiger partial charge in [-0.2, -0.15) is 0 Å². The molecule has 0 aromatic heterocycles. The highest BCUT2D eigenvalue weighted by atomic mass is 16.5. The lowest BCUT2D eigenvalue weighted by Crippen LogP contribution is -2.43. The molecule has 2 unspecified atom stereocenters. The number of carbonyl (C=O) groups is 2. The Bertz CT molecular complexity index is 514. The van der Waals surface area contributed by atoms with E-state index in [1.54, 1.807) is 19.1 Å². The second-order valence-electron chi connectivity index (χ2n) is 5.11. The summed E-state index contributed by atoms with van der Waals surface area (Å²) in [6.07, 6.45) is 0.680. The number of rotatable bonds is 4. The highest BCUT2D eigenvalue weighted by Crippen LogP contribution is 2.36. The Kier molecular flexibility index (Phi) is 4.39. The highest BCUT2D eigenvalue weighted by molar-refractivity contribution is 5.81. The van der Waals surface area contributed by atoms with Gasteiger partial charge in [-0.3, -0.25) is 9.59 Å². The first-order chi connectivity index (χ1) is 9.54. The van der Waals surface area contributed by atoms with Gasteiger partial charge < -0.3 is 14.7 Å². The van der Waals surface area contributed by atoms with E-state index in [1.165, 1.54) is 0 Å². The van der Waals surface area contributed by atoms with Crippen molar-refractivity contribution in [3.05, 3.63) is 35.4 Å². The second-order valence-corrected chi connectivity index (χ2v) is 5.11. The summed E-state index contributed by atoms with van der Waals surface area (Å²) < 4.78 is 5.10. The van der Waals surface area contributed by atoms with Crippen LogP contribution in [0.1, 0.15) is 30.0 Å². The van der Waals surface area contributed by atoms with E-state index in [-0.39, 0.29) is 5.91 Å². The predicted molar refractivity (Wildman–Crippen MR) is 73.0 cm³/mol.